The zero-order valence-corrected chi connectivity index (χ0v) is 12.9. The molecule has 1 fully saturated rings. The third kappa shape index (κ3) is 3.55. The Morgan fingerprint density at radius 3 is 2.85 bits per heavy atom. The second-order valence-corrected chi connectivity index (χ2v) is 6.90. The Hall–Kier alpha value is -1.00. The lowest BCUT2D eigenvalue weighted by Gasteiger charge is -2.26. The third-order valence-electron chi connectivity index (χ3n) is 4.16. The van der Waals surface area contributed by atoms with Crippen LogP contribution in [0, 0.1) is 5.92 Å². The number of aromatic nitrogens is 2. The van der Waals surface area contributed by atoms with Gasteiger partial charge in [-0.15, -0.1) is 0 Å². The number of nitrogens with one attached hydrogen (secondary N) is 2. The first-order chi connectivity index (χ1) is 9.81. The zero-order valence-electron chi connectivity index (χ0n) is 12.1. The van der Waals surface area contributed by atoms with Crippen LogP contribution < -0.4 is 5.32 Å². The van der Waals surface area contributed by atoms with Gasteiger partial charge in [0.1, 0.15) is 0 Å². The standard InChI is InChI=1S/C16H23N3S/c1-12-6-8-13(9-7-12)17-10-11-20-16-18-14-4-2-3-5-15(14)19-16/h2-5,12-13,17H,6-11H2,1H3,(H,18,19). The average molecular weight is 289 g/mol. The predicted molar refractivity (Wildman–Crippen MR) is 86.2 cm³/mol. The van der Waals surface area contributed by atoms with Crippen molar-refractivity contribution in [1.29, 1.82) is 0 Å². The largest absolute Gasteiger partial charge is 0.333 e. The highest BCUT2D eigenvalue weighted by molar-refractivity contribution is 7.99. The van der Waals surface area contributed by atoms with Crippen LogP contribution in [-0.2, 0) is 0 Å². The molecule has 0 unspecified atom stereocenters. The molecular weight excluding hydrogens is 266 g/mol. The van der Waals surface area contributed by atoms with Crippen LogP contribution in [0.3, 0.4) is 0 Å². The monoisotopic (exact) mass is 289 g/mol. The lowest BCUT2D eigenvalue weighted by atomic mass is 9.87. The number of H-pyrrole nitrogens is 1. The summed E-state index contributed by atoms with van der Waals surface area (Å²) in [5.41, 5.74) is 2.19. The summed E-state index contributed by atoms with van der Waals surface area (Å²) in [6.07, 6.45) is 5.45. The molecule has 2 aromatic rings. The summed E-state index contributed by atoms with van der Waals surface area (Å²) in [4.78, 5) is 7.95. The fourth-order valence-corrected chi connectivity index (χ4v) is 3.63. The number of benzene rings is 1. The molecule has 1 aromatic carbocycles. The van der Waals surface area contributed by atoms with Gasteiger partial charge >= 0.3 is 0 Å². The fraction of sp³-hybridized carbons (Fsp3) is 0.562. The van der Waals surface area contributed by atoms with Crippen LogP contribution in [-0.4, -0.2) is 28.3 Å². The second kappa shape index (κ2) is 6.64. The van der Waals surface area contributed by atoms with Gasteiger partial charge in [-0.3, -0.25) is 0 Å². The topological polar surface area (TPSA) is 40.7 Å². The lowest BCUT2D eigenvalue weighted by Crippen LogP contribution is -2.34. The van der Waals surface area contributed by atoms with E-state index in [1.165, 1.54) is 25.7 Å². The van der Waals surface area contributed by atoms with E-state index in [0.29, 0.717) is 0 Å². The average Bonchev–Trinajstić information content (AvgIpc) is 2.88. The second-order valence-electron chi connectivity index (χ2n) is 5.82. The van der Waals surface area contributed by atoms with Gasteiger partial charge in [0.15, 0.2) is 5.16 Å². The maximum absolute atomic E-state index is 4.59. The number of aromatic amines is 1. The molecule has 1 heterocycles. The van der Waals surface area contributed by atoms with E-state index >= 15 is 0 Å². The first-order valence-electron chi connectivity index (χ1n) is 7.62. The highest BCUT2D eigenvalue weighted by atomic mass is 32.2. The lowest BCUT2D eigenvalue weighted by molar-refractivity contribution is 0.312. The van der Waals surface area contributed by atoms with Crippen molar-refractivity contribution in [2.24, 2.45) is 5.92 Å². The first-order valence-corrected chi connectivity index (χ1v) is 8.61. The van der Waals surface area contributed by atoms with Gasteiger partial charge < -0.3 is 10.3 Å². The predicted octanol–water partition coefficient (Wildman–Crippen LogP) is 3.82. The number of rotatable bonds is 5. The molecule has 1 aromatic heterocycles. The quantitative estimate of drug-likeness (QED) is 0.649. The Kier molecular flexibility index (Phi) is 4.63. The number of thioether (sulfide) groups is 1. The maximum Gasteiger partial charge on any atom is 0.166 e. The van der Waals surface area contributed by atoms with Gasteiger partial charge in [0.25, 0.3) is 0 Å². The highest BCUT2D eigenvalue weighted by Crippen LogP contribution is 2.23. The molecule has 3 nitrogen and oxygen atoms in total. The Morgan fingerprint density at radius 1 is 1.25 bits per heavy atom. The molecule has 0 saturated heterocycles. The van der Waals surface area contributed by atoms with E-state index in [4.69, 9.17) is 0 Å². The summed E-state index contributed by atoms with van der Waals surface area (Å²) in [5, 5.41) is 4.72. The van der Waals surface area contributed by atoms with Crippen LogP contribution in [0.4, 0.5) is 0 Å². The van der Waals surface area contributed by atoms with Crippen molar-refractivity contribution in [1.82, 2.24) is 15.3 Å². The van der Waals surface area contributed by atoms with Gasteiger partial charge in [-0.05, 0) is 43.7 Å². The molecule has 1 saturated carbocycles. The molecular formula is C16H23N3S. The normalized spacial score (nSPS) is 23.2. The number of imidazole rings is 1. The summed E-state index contributed by atoms with van der Waals surface area (Å²) in [6, 6.07) is 8.94. The minimum Gasteiger partial charge on any atom is -0.333 e. The van der Waals surface area contributed by atoms with E-state index < -0.39 is 0 Å². The van der Waals surface area contributed by atoms with Crippen LogP contribution in [0.15, 0.2) is 29.4 Å². The van der Waals surface area contributed by atoms with Gasteiger partial charge in [0.05, 0.1) is 11.0 Å². The molecule has 0 aliphatic heterocycles. The summed E-state index contributed by atoms with van der Waals surface area (Å²) in [6.45, 7) is 3.44. The molecule has 0 atom stereocenters. The molecule has 0 radical (unpaired) electrons. The number of fused-ring (bicyclic) bond motifs is 1. The summed E-state index contributed by atoms with van der Waals surface area (Å²) in [5.74, 6) is 2.00. The van der Waals surface area contributed by atoms with Gasteiger partial charge in [0, 0.05) is 18.3 Å². The first kappa shape index (κ1) is 14.0. The molecule has 1 aliphatic rings. The Balaban J connectivity index is 1.41. The summed E-state index contributed by atoms with van der Waals surface area (Å²) < 4.78 is 0. The minimum atomic E-state index is 0.738. The van der Waals surface area contributed by atoms with Crippen molar-refractivity contribution in [3.05, 3.63) is 24.3 Å². The van der Waals surface area contributed by atoms with Crippen molar-refractivity contribution in [3.8, 4) is 0 Å². The van der Waals surface area contributed by atoms with Crippen LogP contribution >= 0.6 is 11.8 Å². The maximum atomic E-state index is 4.59. The Morgan fingerprint density at radius 2 is 2.05 bits per heavy atom. The molecule has 2 N–H and O–H groups in total. The van der Waals surface area contributed by atoms with Crippen molar-refractivity contribution in [3.63, 3.8) is 0 Å². The van der Waals surface area contributed by atoms with E-state index in [2.05, 4.69) is 34.3 Å². The molecule has 0 spiro atoms. The Bertz CT molecular complexity index is 510. The molecule has 0 bridgehead atoms. The van der Waals surface area contributed by atoms with Crippen molar-refractivity contribution < 1.29 is 0 Å². The molecule has 20 heavy (non-hydrogen) atoms. The number of hydrogen-bond donors (Lipinski definition) is 2. The van der Waals surface area contributed by atoms with Gasteiger partial charge in [-0.1, -0.05) is 30.8 Å². The van der Waals surface area contributed by atoms with E-state index in [1.54, 1.807) is 11.8 Å². The number of hydrogen-bond acceptors (Lipinski definition) is 3. The molecule has 0 amide bonds. The van der Waals surface area contributed by atoms with Crippen molar-refractivity contribution in [2.75, 3.05) is 12.3 Å². The smallest absolute Gasteiger partial charge is 0.166 e. The molecule has 1 aliphatic carbocycles. The van der Waals surface area contributed by atoms with Gasteiger partial charge in [-0.2, -0.15) is 0 Å². The SMILES string of the molecule is CC1CCC(NCCSc2nc3ccccc3[nH]2)CC1. The van der Waals surface area contributed by atoms with Gasteiger partial charge in [-0.25, -0.2) is 4.98 Å². The van der Waals surface area contributed by atoms with E-state index in [1.807, 2.05) is 12.1 Å². The summed E-state index contributed by atoms with van der Waals surface area (Å²) >= 11 is 1.81. The number of para-hydroxylation sites is 2. The Labute approximate surface area is 124 Å². The molecule has 3 rings (SSSR count). The van der Waals surface area contributed by atoms with Crippen molar-refractivity contribution >= 4 is 22.8 Å². The van der Waals surface area contributed by atoms with Crippen LogP contribution in [0.2, 0.25) is 0 Å². The molecule has 4 heteroatoms. The van der Waals surface area contributed by atoms with Crippen molar-refractivity contribution in [2.45, 2.75) is 43.8 Å². The number of nitrogens with zero attached hydrogens (tertiary/aromatic N) is 1. The molecule has 108 valence electrons. The third-order valence-corrected chi connectivity index (χ3v) is 5.03. The van der Waals surface area contributed by atoms with E-state index in [-0.39, 0.29) is 0 Å². The fourth-order valence-electron chi connectivity index (χ4n) is 2.87. The minimum absolute atomic E-state index is 0.738. The van der Waals surface area contributed by atoms with E-state index in [9.17, 15) is 0 Å². The van der Waals surface area contributed by atoms with Crippen LogP contribution in [0.5, 0.6) is 0 Å². The highest BCUT2D eigenvalue weighted by Gasteiger charge is 2.17. The van der Waals surface area contributed by atoms with Gasteiger partial charge in [0.2, 0.25) is 0 Å². The van der Waals surface area contributed by atoms with Crippen LogP contribution in [0.1, 0.15) is 32.6 Å². The van der Waals surface area contributed by atoms with Crippen LogP contribution in [0.25, 0.3) is 11.0 Å². The summed E-state index contributed by atoms with van der Waals surface area (Å²) in [7, 11) is 0. The van der Waals surface area contributed by atoms with E-state index in [0.717, 1.165) is 40.4 Å². The zero-order chi connectivity index (χ0) is 13.8.